The first-order valence-electron chi connectivity index (χ1n) is 7.48. The van der Waals surface area contributed by atoms with E-state index in [0.29, 0.717) is 11.8 Å². The van der Waals surface area contributed by atoms with Gasteiger partial charge in [-0.05, 0) is 32.4 Å². The lowest BCUT2D eigenvalue weighted by Crippen LogP contribution is -2.72. The van der Waals surface area contributed by atoms with Gasteiger partial charge in [0.05, 0.1) is 12.6 Å². The monoisotopic (exact) mass is 292 g/mol. The average Bonchev–Trinajstić information content (AvgIpc) is 2.47. The number of likely N-dealkylation sites (tertiary alicyclic amines) is 1. The van der Waals surface area contributed by atoms with Crippen LogP contribution in [-0.2, 0) is 4.74 Å². The number of rotatable bonds is 4. The molecule has 116 valence electrons. The lowest BCUT2D eigenvalue weighted by molar-refractivity contribution is -0.00406. The van der Waals surface area contributed by atoms with Crippen LogP contribution in [0, 0.1) is 5.92 Å². The Hall–Kier alpha value is -1.40. The van der Waals surface area contributed by atoms with E-state index in [0.717, 1.165) is 32.1 Å². The predicted molar refractivity (Wildman–Crippen MR) is 80.8 cm³/mol. The molecule has 6 nitrogen and oxygen atoms in total. The van der Waals surface area contributed by atoms with Gasteiger partial charge in [-0.15, -0.1) is 0 Å². The summed E-state index contributed by atoms with van der Waals surface area (Å²) in [6.45, 7) is 4.06. The summed E-state index contributed by atoms with van der Waals surface area (Å²) < 4.78 is 10.5. The van der Waals surface area contributed by atoms with Gasteiger partial charge >= 0.3 is 0 Å². The van der Waals surface area contributed by atoms with Crippen molar-refractivity contribution in [1.82, 2.24) is 14.9 Å². The Labute approximate surface area is 126 Å². The Kier molecular flexibility index (Phi) is 3.99. The van der Waals surface area contributed by atoms with Crippen molar-refractivity contribution in [2.45, 2.75) is 18.4 Å². The van der Waals surface area contributed by atoms with Crippen molar-refractivity contribution in [2.24, 2.45) is 5.92 Å². The second-order valence-corrected chi connectivity index (χ2v) is 6.23. The SMILES string of the molecule is COC[C@@H]1CCN(C)C2(C1)CN(c1cc(OC)ncn1)C2. The van der Waals surface area contributed by atoms with Crippen LogP contribution in [0.2, 0.25) is 0 Å². The Morgan fingerprint density at radius 3 is 2.86 bits per heavy atom. The van der Waals surface area contributed by atoms with Gasteiger partial charge in [0.2, 0.25) is 5.88 Å². The first-order chi connectivity index (χ1) is 10.2. The van der Waals surface area contributed by atoms with Crippen LogP contribution >= 0.6 is 0 Å². The van der Waals surface area contributed by atoms with Crippen LogP contribution in [0.5, 0.6) is 5.88 Å². The van der Waals surface area contributed by atoms with Crippen LogP contribution in [0.4, 0.5) is 5.82 Å². The molecule has 1 aromatic rings. The van der Waals surface area contributed by atoms with E-state index < -0.39 is 0 Å². The number of piperidine rings is 1. The first kappa shape index (κ1) is 14.5. The molecule has 0 unspecified atom stereocenters. The minimum Gasteiger partial charge on any atom is -0.481 e. The van der Waals surface area contributed by atoms with E-state index >= 15 is 0 Å². The highest BCUT2D eigenvalue weighted by Crippen LogP contribution is 2.40. The quantitative estimate of drug-likeness (QED) is 0.826. The lowest BCUT2D eigenvalue weighted by Gasteiger charge is -2.59. The van der Waals surface area contributed by atoms with Gasteiger partial charge in [-0.1, -0.05) is 0 Å². The van der Waals surface area contributed by atoms with Crippen LogP contribution in [0.1, 0.15) is 12.8 Å². The molecular formula is C15H24N4O2. The Bertz CT molecular complexity index is 490. The number of hydrogen-bond acceptors (Lipinski definition) is 6. The van der Waals surface area contributed by atoms with Gasteiger partial charge in [0.25, 0.3) is 0 Å². The molecule has 1 atom stereocenters. The zero-order valence-corrected chi connectivity index (χ0v) is 13.1. The van der Waals surface area contributed by atoms with Crippen LogP contribution in [0.25, 0.3) is 0 Å². The maximum absolute atomic E-state index is 5.35. The van der Waals surface area contributed by atoms with Crippen molar-refractivity contribution < 1.29 is 9.47 Å². The molecule has 2 fully saturated rings. The summed E-state index contributed by atoms with van der Waals surface area (Å²) in [5.74, 6) is 2.25. The number of likely N-dealkylation sites (N-methyl/N-ethyl adjacent to an activating group) is 1. The molecule has 3 rings (SSSR count). The summed E-state index contributed by atoms with van der Waals surface area (Å²) >= 11 is 0. The summed E-state index contributed by atoms with van der Waals surface area (Å²) in [5, 5.41) is 0. The molecule has 0 bridgehead atoms. The van der Waals surface area contributed by atoms with Crippen molar-refractivity contribution >= 4 is 5.82 Å². The van der Waals surface area contributed by atoms with Crippen LogP contribution in [0.15, 0.2) is 12.4 Å². The van der Waals surface area contributed by atoms with Gasteiger partial charge in [0, 0.05) is 32.9 Å². The summed E-state index contributed by atoms with van der Waals surface area (Å²) in [4.78, 5) is 13.2. The van der Waals surface area contributed by atoms with Crippen LogP contribution in [0.3, 0.4) is 0 Å². The van der Waals surface area contributed by atoms with E-state index in [4.69, 9.17) is 9.47 Å². The molecule has 0 saturated carbocycles. The number of methoxy groups -OCH3 is 2. The van der Waals surface area contributed by atoms with Gasteiger partial charge in [-0.2, -0.15) is 0 Å². The van der Waals surface area contributed by atoms with Crippen molar-refractivity contribution in [3.05, 3.63) is 12.4 Å². The summed E-state index contributed by atoms with van der Waals surface area (Å²) in [5.41, 5.74) is 0.277. The molecule has 1 aromatic heterocycles. The van der Waals surface area contributed by atoms with Crippen LogP contribution < -0.4 is 9.64 Å². The second-order valence-electron chi connectivity index (χ2n) is 6.23. The zero-order valence-electron chi connectivity index (χ0n) is 13.1. The maximum Gasteiger partial charge on any atom is 0.218 e. The molecule has 6 heteroatoms. The van der Waals surface area contributed by atoms with E-state index in [9.17, 15) is 0 Å². The molecule has 2 saturated heterocycles. The van der Waals surface area contributed by atoms with Gasteiger partial charge in [0.15, 0.2) is 0 Å². The number of aromatic nitrogens is 2. The van der Waals surface area contributed by atoms with E-state index in [2.05, 4.69) is 26.8 Å². The fourth-order valence-electron chi connectivity index (χ4n) is 3.60. The summed E-state index contributed by atoms with van der Waals surface area (Å²) in [6, 6.07) is 1.91. The third-order valence-electron chi connectivity index (χ3n) is 4.88. The topological polar surface area (TPSA) is 50.7 Å². The molecule has 0 N–H and O–H groups in total. The lowest BCUT2D eigenvalue weighted by atomic mass is 9.75. The number of nitrogens with zero attached hydrogens (tertiary/aromatic N) is 4. The molecule has 0 aliphatic carbocycles. The molecule has 21 heavy (non-hydrogen) atoms. The third-order valence-corrected chi connectivity index (χ3v) is 4.88. The molecule has 2 aliphatic rings. The highest BCUT2D eigenvalue weighted by Gasteiger charge is 2.49. The summed E-state index contributed by atoms with van der Waals surface area (Å²) in [6.07, 6.45) is 4.00. The Morgan fingerprint density at radius 1 is 1.33 bits per heavy atom. The standard InChI is InChI=1S/C15H24N4O2/c1-18-5-4-12(8-20-2)7-15(18)9-19(10-15)13-6-14(21-3)17-11-16-13/h6,11-12H,4-5,7-10H2,1-3H3/t12-/m1/s1. The second kappa shape index (κ2) is 5.77. The van der Waals surface area contributed by atoms with Crippen molar-refractivity contribution in [3.8, 4) is 5.88 Å². The largest absolute Gasteiger partial charge is 0.481 e. The Morgan fingerprint density at radius 2 is 2.14 bits per heavy atom. The van der Waals surface area contributed by atoms with E-state index in [1.807, 2.05) is 6.07 Å². The third kappa shape index (κ3) is 2.70. The molecular weight excluding hydrogens is 268 g/mol. The molecule has 2 aliphatic heterocycles. The normalized spacial score (nSPS) is 24.9. The molecule has 0 radical (unpaired) electrons. The van der Waals surface area contributed by atoms with Crippen molar-refractivity contribution in [1.29, 1.82) is 0 Å². The number of hydrogen-bond donors (Lipinski definition) is 0. The van der Waals surface area contributed by atoms with Gasteiger partial charge < -0.3 is 14.4 Å². The van der Waals surface area contributed by atoms with Crippen molar-refractivity contribution in [3.63, 3.8) is 0 Å². The molecule has 1 spiro atoms. The average molecular weight is 292 g/mol. The van der Waals surface area contributed by atoms with Crippen molar-refractivity contribution in [2.75, 3.05) is 52.4 Å². The Balaban J connectivity index is 1.67. The smallest absolute Gasteiger partial charge is 0.218 e. The number of ether oxygens (including phenoxy) is 2. The minimum atomic E-state index is 0.277. The first-order valence-corrected chi connectivity index (χ1v) is 7.48. The van der Waals surface area contributed by atoms with E-state index in [-0.39, 0.29) is 5.54 Å². The van der Waals surface area contributed by atoms with E-state index in [1.54, 1.807) is 20.5 Å². The zero-order chi connectivity index (χ0) is 14.9. The minimum absolute atomic E-state index is 0.277. The van der Waals surface area contributed by atoms with Crippen LogP contribution in [-0.4, -0.2) is 67.9 Å². The van der Waals surface area contributed by atoms with Gasteiger partial charge in [0.1, 0.15) is 12.1 Å². The highest BCUT2D eigenvalue weighted by atomic mass is 16.5. The molecule has 3 heterocycles. The highest BCUT2D eigenvalue weighted by molar-refractivity contribution is 5.46. The maximum atomic E-state index is 5.35. The number of anilines is 1. The van der Waals surface area contributed by atoms with Gasteiger partial charge in [-0.3, -0.25) is 4.90 Å². The molecule has 0 aromatic carbocycles. The van der Waals surface area contributed by atoms with E-state index in [1.165, 1.54) is 12.8 Å². The fraction of sp³-hybridized carbons (Fsp3) is 0.733. The molecule has 0 amide bonds. The van der Waals surface area contributed by atoms with Gasteiger partial charge in [-0.25, -0.2) is 9.97 Å². The summed E-state index contributed by atoms with van der Waals surface area (Å²) in [7, 11) is 5.67. The fourth-order valence-corrected chi connectivity index (χ4v) is 3.60. The predicted octanol–water partition coefficient (Wildman–Crippen LogP) is 1.03.